The van der Waals surface area contributed by atoms with Crippen LogP contribution in [-0.4, -0.2) is 0 Å². The van der Waals surface area contributed by atoms with Crippen molar-refractivity contribution in [1.29, 1.82) is 0 Å². The molecule has 0 saturated carbocycles. The summed E-state index contributed by atoms with van der Waals surface area (Å²) in [4.78, 5) is 2.50. The highest BCUT2D eigenvalue weighted by Gasteiger charge is 2.36. The van der Waals surface area contributed by atoms with Crippen molar-refractivity contribution in [3.05, 3.63) is 185 Å². The van der Waals surface area contributed by atoms with Crippen LogP contribution < -0.4 is 4.90 Å². The van der Waals surface area contributed by atoms with Gasteiger partial charge < -0.3 is 4.90 Å². The van der Waals surface area contributed by atoms with Crippen LogP contribution in [-0.2, 0) is 32.5 Å². The van der Waals surface area contributed by atoms with Crippen LogP contribution in [0.3, 0.4) is 0 Å². The van der Waals surface area contributed by atoms with Gasteiger partial charge in [-0.15, -0.1) is 0 Å². The molecule has 1 nitrogen and oxygen atoms in total. The van der Waals surface area contributed by atoms with Gasteiger partial charge in [-0.2, -0.15) is 0 Å². The standard InChI is InChI=1S/C65H75N/c1-60(2,3)48-26-22-42(23-27-48)43-24-28-53(29-25-43)66(54-30-31-57-56-20-18-19-21-58(56)65(16,17)59(57)41-54)55-38-47(37-52(40-55)64(13,14)15)45-32-44(33-49(34-45)61(4,5)6)46-35-50(62(7,8)9)39-51(36-46)63(10,11)12/h18-41H,1-17H3. The lowest BCUT2D eigenvalue weighted by Gasteiger charge is -2.31. The molecule has 7 aromatic rings. The van der Waals surface area contributed by atoms with E-state index in [-0.39, 0.29) is 32.5 Å². The van der Waals surface area contributed by atoms with Gasteiger partial charge in [0.2, 0.25) is 0 Å². The van der Waals surface area contributed by atoms with E-state index in [1.165, 1.54) is 83.5 Å². The maximum atomic E-state index is 2.50. The number of hydrogen-bond donors (Lipinski definition) is 0. The average Bonchev–Trinajstić information content (AvgIpc) is 3.47. The van der Waals surface area contributed by atoms with E-state index in [1.54, 1.807) is 0 Å². The molecule has 1 aliphatic carbocycles. The first kappa shape index (κ1) is 46.9. The minimum absolute atomic E-state index is 0.0184. The summed E-state index contributed by atoms with van der Waals surface area (Å²) < 4.78 is 0. The van der Waals surface area contributed by atoms with Gasteiger partial charge in [0.25, 0.3) is 0 Å². The van der Waals surface area contributed by atoms with Crippen LogP contribution in [0, 0.1) is 0 Å². The molecule has 1 aliphatic rings. The molecule has 8 rings (SSSR count). The van der Waals surface area contributed by atoms with Crippen molar-refractivity contribution in [3.63, 3.8) is 0 Å². The molecule has 0 fully saturated rings. The van der Waals surface area contributed by atoms with Crippen molar-refractivity contribution in [1.82, 2.24) is 0 Å². The SMILES string of the molecule is CC(C)(C)c1ccc(-c2ccc(N(c3cc(-c4cc(-c5cc(C(C)(C)C)cc(C(C)(C)C)c5)cc(C(C)(C)C)c4)cc(C(C)(C)C)c3)c3ccc4c(c3)C(C)(C)c3ccccc3-4)cc2)cc1. The molecule has 0 saturated heterocycles. The second-order valence-electron chi connectivity index (χ2n) is 25.0. The molecule has 0 heterocycles. The van der Waals surface area contributed by atoms with Crippen molar-refractivity contribution in [2.24, 2.45) is 0 Å². The van der Waals surface area contributed by atoms with Crippen molar-refractivity contribution in [2.45, 2.75) is 150 Å². The van der Waals surface area contributed by atoms with Gasteiger partial charge >= 0.3 is 0 Å². The zero-order valence-electron chi connectivity index (χ0n) is 43.3. The average molecular weight is 870 g/mol. The quantitative estimate of drug-likeness (QED) is 0.161. The molecule has 0 radical (unpaired) electrons. The summed E-state index contributed by atoms with van der Waals surface area (Å²) in [6.45, 7) is 39.7. The third-order valence-corrected chi connectivity index (χ3v) is 14.2. The molecule has 0 amide bonds. The molecule has 0 N–H and O–H groups in total. The third-order valence-electron chi connectivity index (χ3n) is 14.2. The van der Waals surface area contributed by atoms with Gasteiger partial charge in [0.1, 0.15) is 0 Å². The Morgan fingerprint density at radius 2 is 0.682 bits per heavy atom. The van der Waals surface area contributed by atoms with Crippen LogP contribution in [0.25, 0.3) is 44.5 Å². The second kappa shape index (κ2) is 16.3. The predicted octanol–water partition coefficient (Wildman–Crippen LogP) is 19.0. The van der Waals surface area contributed by atoms with E-state index in [1.807, 2.05) is 0 Å². The first-order valence-electron chi connectivity index (χ1n) is 24.3. The summed E-state index contributed by atoms with van der Waals surface area (Å²) >= 11 is 0. The van der Waals surface area contributed by atoms with Crippen LogP contribution in [0.1, 0.15) is 157 Å². The lowest BCUT2D eigenvalue weighted by Crippen LogP contribution is -2.17. The molecule has 0 aromatic heterocycles. The van der Waals surface area contributed by atoms with Gasteiger partial charge in [-0.1, -0.05) is 221 Å². The number of hydrogen-bond acceptors (Lipinski definition) is 1. The van der Waals surface area contributed by atoms with Crippen LogP contribution in [0.4, 0.5) is 17.1 Å². The van der Waals surface area contributed by atoms with E-state index in [9.17, 15) is 0 Å². The molecule has 0 spiro atoms. The molecule has 0 aliphatic heterocycles. The summed E-state index contributed by atoms with van der Waals surface area (Å²) in [6.07, 6.45) is 0. The van der Waals surface area contributed by atoms with Crippen LogP contribution in [0.2, 0.25) is 0 Å². The van der Waals surface area contributed by atoms with Gasteiger partial charge in [-0.3, -0.25) is 0 Å². The predicted molar refractivity (Wildman–Crippen MR) is 288 cm³/mol. The minimum Gasteiger partial charge on any atom is -0.310 e. The molecule has 1 heteroatoms. The Hall–Kier alpha value is -5.66. The Morgan fingerprint density at radius 3 is 1.18 bits per heavy atom. The topological polar surface area (TPSA) is 3.24 Å². The van der Waals surface area contributed by atoms with Crippen LogP contribution >= 0.6 is 0 Å². The lowest BCUT2D eigenvalue weighted by molar-refractivity contribution is 0.569. The van der Waals surface area contributed by atoms with Gasteiger partial charge in [-0.05, 0) is 153 Å². The monoisotopic (exact) mass is 870 g/mol. The van der Waals surface area contributed by atoms with Crippen LogP contribution in [0.15, 0.2) is 146 Å². The molecule has 0 atom stereocenters. The first-order chi connectivity index (χ1) is 30.6. The van der Waals surface area contributed by atoms with Gasteiger partial charge in [0.05, 0.1) is 0 Å². The van der Waals surface area contributed by atoms with Crippen molar-refractivity contribution in [3.8, 4) is 44.5 Å². The van der Waals surface area contributed by atoms with E-state index in [0.717, 1.165) is 17.1 Å². The third kappa shape index (κ3) is 9.21. The smallest absolute Gasteiger partial charge is 0.0470 e. The molecule has 66 heavy (non-hydrogen) atoms. The Morgan fingerprint density at radius 1 is 0.288 bits per heavy atom. The van der Waals surface area contributed by atoms with Gasteiger partial charge in [0.15, 0.2) is 0 Å². The Labute approximate surface area is 399 Å². The molecular formula is C65H75N. The van der Waals surface area contributed by atoms with Crippen LogP contribution in [0.5, 0.6) is 0 Å². The van der Waals surface area contributed by atoms with Crippen molar-refractivity contribution >= 4 is 17.1 Å². The zero-order valence-corrected chi connectivity index (χ0v) is 43.3. The number of fused-ring (bicyclic) bond motifs is 3. The van der Waals surface area contributed by atoms with E-state index >= 15 is 0 Å². The number of nitrogens with zero attached hydrogens (tertiary/aromatic N) is 1. The summed E-state index contributed by atoms with van der Waals surface area (Å²) in [5.41, 5.74) is 22.9. The summed E-state index contributed by atoms with van der Waals surface area (Å²) in [6, 6.07) is 56.4. The highest BCUT2D eigenvalue weighted by molar-refractivity contribution is 5.88. The zero-order chi connectivity index (χ0) is 47.9. The van der Waals surface area contributed by atoms with E-state index < -0.39 is 0 Å². The molecule has 0 unspecified atom stereocenters. The minimum atomic E-state index is -0.129. The molecule has 7 aromatic carbocycles. The van der Waals surface area contributed by atoms with Crippen molar-refractivity contribution < 1.29 is 0 Å². The normalized spacial score (nSPS) is 14.0. The fourth-order valence-corrected chi connectivity index (χ4v) is 9.64. The highest BCUT2D eigenvalue weighted by atomic mass is 15.1. The first-order valence-corrected chi connectivity index (χ1v) is 24.3. The molecule has 340 valence electrons. The van der Waals surface area contributed by atoms with E-state index in [2.05, 4.69) is 268 Å². The maximum absolute atomic E-state index is 2.50. The highest BCUT2D eigenvalue weighted by Crippen LogP contribution is 2.51. The lowest BCUT2D eigenvalue weighted by atomic mass is 9.78. The summed E-state index contributed by atoms with van der Waals surface area (Å²) in [5.74, 6) is 0. The second-order valence-corrected chi connectivity index (χ2v) is 25.0. The largest absolute Gasteiger partial charge is 0.310 e. The van der Waals surface area contributed by atoms with Gasteiger partial charge in [0, 0.05) is 22.5 Å². The molecular weight excluding hydrogens is 795 g/mol. The molecule has 0 bridgehead atoms. The fourth-order valence-electron chi connectivity index (χ4n) is 9.64. The summed E-state index contributed by atoms with van der Waals surface area (Å²) in [7, 11) is 0. The maximum Gasteiger partial charge on any atom is 0.0470 e. The summed E-state index contributed by atoms with van der Waals surface area (Å²) in [5, 5.41) is 0. The Balaban J connectivity index is 1.35. The van der Waals surface area contributed by atoms with Crippen molar-refractivity contribution in [2.75, 3.05) is 4.90 Å². The number of benzene rings is 7. The number of anilines is 3. The van der Waals surface area contributed by atoms with Gasteiger partial charge in [-0.25, -0.2) is 0 Å². The van der Waals surface area contributed by atoms with E-state index in [4.69, 9.17) is 0 Å². The Bertz CT molecular complexity index is 2890. The number of rotatable bonds is 6. The Kier molecular flexibility index (Phi) is 11.6. The fraction of sp³-hybridized carbons (Fsp3) is 0.354. The van der Waals surface area contributed by atoms with E-state index in [0.29, 0.717) is 0 Å².